The Hall–Kier alpha value is -5.95. The molecule has 0 N–H and O–H groups in total. The summed E-state index contributed by atoms with van der Waals surface area (Å²) < 4.78 is 0. The van der Waals surface area contributed by atoms with E-state index in [4.69, 9.17) is 9.97 Å². The molecule has 2 heterocycles. The summed E-state index contributed by atoms with van der Waals surface area (Å²) in [6.07, 6.45) is 3.81. The minimum atomic E-state index is -0.705. The minimum Gasteiger partial charge on any atom is -0.305 e. The molecule has 1 aliphatic rings. The van der Waals surface area contributed by atoms with Crippen LogP contribution < -0.4 is 0 Å². The van der Waals surface area contributed by atoms with Crippen LogP contribution in [0, 0.1) is 12.1 Å². The van der Waals surface area contributed by atoms with Gasteiger partial charge in [-0.25, -0.2) is 0 Å². The molecule has 52 heavy (non-hydrogen) atoms. The molecule has 2 aromatic heterocycles. The Morgan fingerprint density at radius 1 is 0.442 bits per heavy atom. The Bertz CT molecular complexity index is 2720. The quantitative estimate of drug-likeness (QED) is 0.161. The van der Waals surface area contributed by atoms with Gasteiger partial charge in [-0.15, -0.1) is 64.0 Å². The van der Waals surface area contributed by atoms with Crippen LogP contribution in [0.15, 0.2) is 182 Å². The third kappa shape index (κ3) is 4.98. The summed E-state index contributed by atoms with van der Waals surface area (Å²) in [6.45, 7) is 0. The summed E-state index contributed by atoms with van der Waals surface area (Å²) in [4.78, 5) is 9.88. The molecular formula is C49H30N2Pt. The van der Waals surface area contributed by atoms with E-state index in [1.54, 1.807) is 0 Å². The van der Waals surface area contributed by atoms with Crippen molar-refractivity contribution >= 4 is 21.5 Å². The maximum atomic E-state index is 4.97. The fourth-order valence-corrected chi connectivity index (χ4v) is 8.15. The zero-order valence-corrected chi connectivity index (χ0v) is 30.3. The van der Waals surface area contributed by atoms with Crippen LogP contribution in [0.4, 0.5) is 0 Å². The molecule has 0 saturated heterocycles. The van der Waals surface area contributed by atoms with Crippen LogP contribution in [0.5, 0.6) is 0 Å². The number of fused-ring (bicyclic) bond motifs is 5. The van der Waals surface area contributed by atoms with E-state index in [0.29, 0.717) is 0 Å². The molecule has 0 unspecified atom stereocenters. The molecule has 0 spiro atoms. The first-order chi connectivity index (χ1) is 25.3. The molecule has 10 rings (SSSR count). The number of pyridine rings is 2. The van der Waals surface area contributed by atoms with Crippen LogP contribution in [-0.4, -0.2) is 9.97 Å². The first-order valence-corrected chi connectivity index (χ1v) is 17.3. The molecule has 0 radical (unpaired) electrons. The van der Waals surface area contributed by atoms with E-state index in [1.165, 1.54) is 22.3 Å². The first kappa shape index (κ1) is 32.0. The third-order valence-corrected chi connectivity index (χ3v) is 10.4. The van der Waals surface area contributed by atoms with Crippen molar-refractivity contribution in [2.75, 3.05) is 0 Å². The van der Waals surface area contributed by atoms with Gasteiger partial charge < -0.3 is 9.97 Å². The van der Waals surface area contributed by atoms with Crippen molar-refractivity contribution in [2.45, 2.75) is 5.41 Å². The standard InChI is InChI=1S/C49H30N2.Pt/c1-2-13-33(14-3-1)35-26-27-50-47(31-35)44-32-39(29-36-16-5-6-19-40(36)44)49(45-23-10-8-21-42(45)43-22-9-11-24-46(43)49)38-18-12-17-37(30-38)48-41-20-7-4-15-34(41)25-28-51-48;/h1-29,31H;/q-2;+2. The Kier molecular flexibility index (Phi) is 7.99. The van der Waals surface area contributed by atoms with E-state index >= 15 is 0 Å². The van der Waals surface area contributed by atoms with Gasteiger partial charge in [0, 0.05) is 17.8 Å². The first-order valence-electron chi connectivity index (χ1n) is 17.3. The number of hydrogen-bond acceptors (Lipinski definition) is 2. The predicted molar refractivity (Wildman–Crippen MR) is 208 cm³/mol. The molecule has 7 aromatic carbocycles. The van der Waals surface area contributed by atoms with E-state index < -0.39 is 5.41 Å². The molecule has 0 bridgehead atoms. The van der Waals surface area contributed by atoms with Crippen molar-refractivity contribution < 1.29 is 21.1 Å². The minimum absolute atomic E-state index is 0. The Balaban J connectivity index is 0.00000360. The molecule has 0 aliphatic heterocycles. The Morgan fingerprint density at radius 3 is 1.88 bits per heavy atom. The summed E-state index contributed by atoms with van der Waals surface area (Å²) in [5.41, 5.74) is 12.3. The summed E-state index contributed by atoms with van der Waals surface area (Å²) in [5, 5.41) is 4.52. The topological polar surface area (TPSA) is 25.8 Å². The molecule has 0 atom stereocenters. The van der Waals surface area contributed by atoms with Gasteiger partial charge in [0.15, 0.2) is 0 Å². The fourth-order valence-electron chi connectivity index (χ4n) is 8.15. The van der Waals surface area contributed by atoms with Crippen LogP contribution in [0.1, 0.15) is 22.3 Å². The number of nitrogens with zero attached hydrogens (tertiary/aromatic N) is 2. The second kappa shape index (κ2) is 13.0. The van der Waals surface area contributed by atoms with E-state index in [0.717, 1.165) is 66.3 Å². The molecule has 0 amide bonds. The van der Waals surface area contributed by atoms with Crippen molar-refractivity contribution in [2.24, 2.45) is 0 Å². The van der Waals surface area contributed by atoms with Gasteiger partial charge in [-0.05, 0) is 67.7 Å². The maximum absolute atomic E-state index is 4.97. The number of benzene rings is 7. The van der Waals surface area contributed by atoms with Crippen LogP contribution in [0.3, 0.4) is 0 Å². The zero-order chi connectivity index (χ0) is 33.8. The van der Waals surface area contributed by atoms with Gasteiger partial charge in [0.25, 0.3) is 0 Å². The predicted octanol–water partition coefficient (Wildman–Crippen LogP) is 11.7. The third-order valence-electron chi connectivity index (χ3n) is 10.4. The molecule has 9 aromatic rings. The van der Waals surface area contributed by atoms with E-state index in [2.05, 4.69) is 182 Å². The average molecular weight is 842 g/mol. The molecule has 2 nitrogen and oxygen atoms in total. The molecule has 0 saturated carbocycles. The molecule has 246 valence electrons. The summed E-state index contributed by atoms with van der Waals surface area (Å²) in [5.74, 6) is 0. The van der Waals surface area contributed by atoms with Crippen molar-refractivity contribution in [1.29, 1.82) is 0 Å². The molecule has 3 heteroatoms. The summed E-state index contributed by atoms with van der Waals surface area (Å²) >= 11 is 0. The van der Waals surface area contributed by atoms with Crippen molar-refractivity contribution in [3.63, 3.8) is 0 Å². The maximum Gasteiger partial charge on any atom is 2.00 e. The van der Waals surface area contributed by atoms with Gasteiger partial charge in [-0.2, -0.15) is 0 Å². The number of hydrogen-bond donors (Lipinski definition) is 0. The second-order valence-electron chi connectivity index (χ2n) is 13.1. The molecule has 1 aliphatic carbocycles. The summed E-state index contributed by atoms with van der Waals surface area (Å²) in [7, 11) is 0. The summed E-state index contributed by atoms with van der Waals surface area (Å²) in [6, 6.07) is 68.4. The van der Waals surface area contributed by atoms with Crippen molar-refractivity contribution in [3.05, 3.63) is 217 Å². The largest absolute Gasteiger partial charge is 2.00 e. The molecule has 0 fully saturated rings. The molecular weight excluding hydrogens is 812 g/mol. The number of aromatic nitrogens is 2. The van der Waals surface area contributed by atoms with Gasteiger partial charge in [0.1, 0.15) is 0 Å². The van der Waals surface area contributed by atoms with Crippen LogP contribution in [0.2, 0.25) is 0 Å². The monoisotopic (exact) mass is 841 g/mol. The van der Waals surface area contributed by atoms with Crippen LogP contribution in [0.25, 0.3) is 66.3 Å². The second-order valence-corrected chi connectivity index (χ2v) is 13.1. The number of rotatable bonds is 5. The van der Waals surface area contributed by atoms with Gasteiger partial charge in [-0.1, -0.05) is 139 Å². The van der Waals surface area contributed by atoms with E-state index in [9.17, 15) is 0 Å². The van der Waals surface area contributed by atoms with Crippen molar-refractivity contribution in [1.82, 2.24) is 9.97 Å². The average Bonchev–Trinajstić information content (AvgIpc) is 3.52. The SMILES string of the molecule is [Pt+2].[c-]1c(-c2nccc3ccccc23)cccc1C1(c2[c-]c(-c3cc(-c4ccccc4)ccn3)c3ccccc3c2)c2ccccc2-c2ccccc21. The van der Waals surface area contributed by atoms with E-state index in [-0.39, 0.29) is 21.1 Å². The smallest absolute Gasteiger partial charge is 0.305 e. The Morgan fingerprint density at radius 2 is 1.10 bits per heavy atom. The van der Waals surface area contributed by atoms with Crippen LogP contribution >= 0.6 is 0 Å². The van der Waals surface area contributed by atoms with Crippen LogP contribution in [-0.2, 0) is 26.5 Å². The Labute approximate surface area is 317 Å². The normalized spacial score (nSPS) is 12.6. The van der Waals surface area contributed by atoms with Gasteiger partial charge in [-0.3, -0.25) is 0 Å². The zero-order valence-electron chi connectivity index (χ0n) is 28.0. The van der Waals surface area contributed by atoms with Gasteiger partial charge >= 0.3 is 21.1 Å². The fraction of sp³-hybridized carbons (Fsp3) is 0.0204. The van der Waals surface area contributed by atoms with E-state index in [1.807, 2.05) is 12.4 Å². The van der Waals surface area contributed by atoms with Crippen molar-refractivity contribution in [3.8, 4) is 44.8 Å². The van der Waals surface area contributed by atoms with Gasteiger partial charge in [0.2, 0.25) is 0 Å². The van der Waals surface area contributed by atoms with Gasteiger partial charge in [0.05, 0.1) is 0 Å².